The Morgan fingerprint density at radius 1 is 1.05 bits per heavy atom. The molecule has 6 nitrogen and oxygen atoms in total. The van der Waals surface area contributed by atoms with Gasteiger partial charge in [0, 0.05) is 19.0 Å². The third-order valence-corrected chi connectivity index (χ3v) is 4.26. The van der Waals surface area contributed by atoms with E-state index in [1.165, 1.54) is 24.2 Å². The highest BCUT2D eigenvalue weighted by atomic mass is 16.4. The lowest BCUT2D eigenvalue weighted by Crippen LogP contribution is -2.49. The summed E-state index contributed by atoms with van der Waals surface area (Å²) < 4.78 is 0. The number of nitrogens with one attached hydrogen (secondary N) is 1. The molecule has 2 amide bonds. The fraction of sp³-hybridized carbons (Fsp3) is 0.857. The summed E-state index contributed by atoms with van der Waals surface area (Å²) >= 11 is 0. The van der Waals surface area contributed by atoms with Crippen LogP contribution in [-0.2, 0) is 4.79 Å². The zero-order valence-electron chi connectivity index (χ0n) is 11.8. The molecular formula is C14H24N2O4. The molecule has 1 aliphatic heterocycles. The second kappa shape index (κ2) is 6.92. The van der Waals surface area contributed by atoms with Crippen LogP contribution in [-0.4, -0.2) is 51.8 Å². The van der Waals surface area contributed by atoms with Crippen molar-refractivity contribution >= 4 is 12.0 Å². The predicted octanol–water partition coefficient (Wildman–Crippen LogP) is 1.33. The van der Waals surface area contributed by atoms with Gasteiger partial charge in [0.05, 0.1) is 6.10 Å². The fourth-order valence-corrected chi connectivity index (χ4v) is 3.13. The lowest BCUT2D eigenvalue weighted by atomic mass is 9.97. The van der Waals surface area contributed by atoms with E-state index in [1.807, 2.05) is 0 Å². The summed E-state index contributed by atoms with van der Waals surface area (Å²) in [6.07, 6.45) is 7.18. The maximum absolute atomic E-state index is 12.2. The fourth-order valence-electron chi connectivity index (χ4n) is 3.13. The van der Waals surface area contributed by atoms with E-state index in [4.69, 9.17) is 5.11 Å². The van der Waals surface area contributed by atoms with Crippen molar-refractivity contribution in [2.45, 2.75) is 69.6 Å². The van der Waals surface area contributed by atoms with Crippen LogP contribution in [0.25, 0.3) is 0 Å². The van der Waals surface area contributed by atoms with Crippen molar-refractivity contribution in [2.75, 3.05) is 6.54 Å². The highest BCUT2D eigenvalue weighted by Gasteiger charge is 2.39. The van der Waals surface area contributed by atoms with Crippen LogP contribution in [0.3, 0.4) is 0 Å². The molecule has 0 spiro atoms. The van der Waals surface area contributed by atoms with Gasteiger partial charge in [-0.1, -0.05) is 32.1 Å². The summed E-state index contributed by atoms with van der Waals surface area (Å²) in [5, 5.41) is 21.6. The van der Waals surface area contributed by atoms with Gasteiger partial charge in [0.2, 0.25) is 0 Å². The van der Waals surface area contributed by atoms with Gasteiger partial charge in [-0.3, -0.25) is 0 Å². The first-order chi connectivity index (χ1) is 9.58. The first kappa shape index (κ1) is 15.1. The number of carbonyl (C=O) groups excluding carboxylic acids is 1. The monoisotopic (exact) mass is 284 g/mol. The summed E-state index contributed by atoms with van der Waals surface area (Å²) in [5.74, 6) is -1.05. The standard InChI is InChI=1S/C14H24N2O4/c17-11-8-12(13(18)19)16(9-11)14(20)15-10-6-4-2-1-3-5-7-10/h10-12,17H,1-9H2,(H,15,20)(H,18,19). The largest absolute Gasteiger partial charge is 0.480 e. The topological polar surface area (TPSA) is 89.9 Å². The first-order valence-corrected chi connectivity index (χ1v) is 7.56. The highest BCUT2D eigenvalue weighted by molar-refractivity contribution is 5.83. The normalized spacial score (nSPS) is 28.8. The molecule has 1 saturated heterocycles. The molecule has 1 saturated carbocycles. The van der Waals surface area contributed by atoms with E-state index in [2.05, 4.69) is 5.32 Å². The maximum Gasteiger partial charge on any atom is 0.326 e. The molecule has 0 aromatic carbocycles. The van der Waals surface area contributed by atoms with E-state index < -0.39 is 18.1 Å². The van der Waals surface area contributed by atoms with Gasteiger partial charge in [0.25, 0.3) is 0 Å². The highest BCUT2D eigenvalue weighted by Crippen LogP contribution is 2.20. The number of carboxylic acids is 1. The Morgan fingerprint density at radius 2 is 1.65 bits per heavy atom. The number of β-amino-alcohol motifs (C(OH)–C–C–N with tert-alkyl or cyclic N) is 1. The smallest absolute Gasteiger partial charge is 0.326 e. The summed E-state index contributed by atoms with van der Waals surface area (Å²) in [6, 6.07) is -1.12. The average Bonchev–Trinajstić information content (AvgIpc) is 2.75. The van der Waals surface area contributed by atoms with Gasteiger partial charge in [0.1, 0.15) is 6.04 Å². The van der Waals surface area contributed by atoms with Crippen molar-refractivity contribution in [3.8, 4) is 0 Å². The second-order valence-electron chi connectivity index (χ2n) is 5.89. The van der Waals surface area contributed by atoms with Crippen molar-refractivity contribution in [1.82, 2.24) is 10.2 Å². The Labute approximate surface area is 119 Å². The van der Waals surface area contributed by atoms with Gasteiger partial charge < -0.3 is 20.4 Å². The summed E-state index contributed by atoms with van der Waals surface area (Å²) in [7, 11) is 0. The van der Waals surface area contributed by atoms with Gasteiger partial charge in [-0.25, -0.2) is 9.59 Å². The van der Waals surface area contributed by atoms with Crippen LogP contribution < -0.4 is 5.32 Å². The number of carbonyl (C=O) groups is 2. The number of likely N-dealkylation sites (tertiary alicyclic amines) is 1. The second-order valence-corrected chi connectivity index (χ2v) is 5.89. The number of carboxylic acid groups (broad SMARTS) is 1. The van der Waals surface area contributed by atoms with Gasteiger partial charge in [-0.05, 0) is 12.8 Å². The molecule has 0 radical (unpaired) electrons. The molecule has 2 fully saturated rings. The number of aliphatic carboxylic acids is 1. The molecule has 20 heavy (non-hydrogen) atoms. The van der Waals surface area contributed by atoms with Crippen LogP contribution in [0.1, 0.15) is 51.4 Å². The zero-order chi connectivity index (χ0) is 14.5. The Kier molecular flexibility index (Phi) is 5.23. The minimum absolute atomic E-state index is 0.107. The zero-order valence-corrected chi connectivity index (χ0v) is 11.8. The summed E-state index contributed by atoms with van der Waals surface area (Å²) in [5.41, 5.74) is 0. The van der Waals surface area contributed by atoms with Crippen molar-refractivity contribution in [1.29, 1.82) is 0 Å². The number of amides is 2. The van der Waals surface area contributed by atoms with E-state index in [0.29, 0.717) is 0 Å². The predicted molar refractivity (Wildman–Crippen MR) is 73.4 cm³/mol. The Morgan fingerprint density at radius 3 is 2.25 bits per heavy atom. The van der Waals surface area contributed by atoms with Gasteiger partial charge >= 0.3 is 12.0 Å². The van der Waals surface area contributed by atoms with E-state index >= 15 is 0 Å². The first-order valence-electron chi connectivity index (χ1n) is 7.56. The minimum atomic E-state index is -1.05. The Balaban J connectivity index is 1.90. The van der Waals surface area contributed by atoms with Crippen LogP contribution in [0.5, 0.6) is 0 Å². The van der Waals surface area contributed by atoms with Gasteiger partial charge in [-0.15, -0.1) is 0 Å². The SMILES string of the molecule is O=C(O)C1CC(O)CN1C(=O)NC1CCCCCCC1. The quantitative estimate of drug-likeness (QED) is 0.713. The lowest BCUT2D eigenvalue weighted by Gasteiger charge is -2.26. The molecule has 2 atom stereocenters. The third-order valence-electron chi connectivity index (χ3n) is 4.26. The van der Waals surface area contributed by atoms with Crippen LogP contribution in [0, 0.1) is 0 Å². The van der Waals surface area contributed by atoms with Crippen molar-refractivity contribution in [3.05, 3.63) is 0 Å². The van der Waals surface area contributed by atoms with Crippen LogP contribution in [0.2, 0.25) is 0 Å². The van der Waals surface area contributed by atoms with E-state index in [9.17, 15) is 14.7 Å². The van der Waals surface area contributed by atoms with Gasteiger partial charge in [0.15, 0.2) is 0 Å². The Bertz CT molecular complexity index is 353. The van der Waals surface area contributed by atoms with E-state index in [-0.39, 0.29) is 25.0 Å². The van der Waals surface area contributed by atoms with Crippen molar-refractivity contribution in [3.63, 3.8) is 0 Å². The molecule has 6 heteroatoms. The number of urea groups is 1. The average molecular weight is 284 g/mol. The molecule has 1 heterocycles. The molecule has 0 aromatic heterocycles. The molecular weight excluding hydrogens is 260 g/mol. The number of hydrogen-bond acceptors (Lipinski definition) is 3. The van der Waals surface area contributed by atoms with Crippen molar-refractivity contribution < 1.29 is 19.8 Å². The van der Waals surface area contributed by atoms with Gasteiger partial charge in [-0.2, -0.15) is 0 Å². The molecule has 2 unspecified atom stereocenters. The molecule has 0 bridgehead atoms. The number of aliphatic hydroxyl groups is 1. The van der Waals surface area contributed by atoms with Crippen LogP contribution in [0.15, 0.2) is 0 Å². The number of nitrogens with zero attached hydrogens (tertiary/aromatic N) is 1. The molecule has 114 valence electrons. The van der Waals surface area contributed by atoms with E-state index in [0.717, 1.165) is 25.7 Å². The number of aliphatic hydroxyl groups excluding tert-OH is 1. The van der Waals surface area contributed by atoms with Crippen LogP contribution >= 0.6 is 0 Å². The summed E-state index contributed by atoms with van der Waals surface area (Å²) in [4.78, 5) is 24.6. The Hall–Kier alpha value is -1.30. The molecule has 1 aliphatic carbocycles. The molecule has 2 rings (SSSR count). The number of hydrogen-bond donors (Lipinski definition) is 3. The minimum Gasteiger partial charge on any atom is -0.480 e. The maximum atomic E-state index is 12.2. The van der Waals surface area contributed by atoms with Crippen LogP contribution in [0.4, 0.5) is 4.79 Å². The lowest BCUT2D eigenvalue weighted by molar-refractivity contribution is -0.141. The summed E-state index contributed by atoms with van der Waals surface area (Å²) in [6.45, 7) is 0.107. The van der Waals surface area contributed by atoms with E-state index in [1.54, 1.807) is 0 Å². The third kappa shape index (κ3) is 3.85. The number of rotatable bonds is 2. The molecule has 2 aliphatic rings. The van der Waals surface area contributed by atoms with Crippen molar-refractivity contribution in [2.24, 2.45) is 0 Å². The molecule has 3 N–H and O–H groups in total. The molecule has 0 aromatic rings.